The van der Waals surface area contributed by atoms with Crippen LogP contribution >= 0.6 is 0 Å². The molecule has 0 bridgehead atoms. The first-order chi connectivity index (χ1) is 9.22. The maximum atomic E-state index is 10.9. The van der Waals surface area contributed by atoms with Crippen LogP contribution in [0.5, 0.6) is 5.75 Å². The Bertz CT molecular complexity index is 442. The fraction of sp³-hybridized carbons (Fsp3) is 0.133. The summed E-state index contributed by atoms with van der Waals surface area (Å²) in [6, 6.07) is 18.2. The minimum atomic E-state index is -0.492. The van der Waals surface area contributed by atoms with Crippen molar-refractivity contribution in [3.8, 4) is 5.75 Å². The molecule has 2 aromatic rings. The third-order valence-electron chi connectivity index (χ3n) is 2.06. The maximum Gasteiger partial charge on any atom is 0.411 e. The van der Waals surface area contributed by atoms with Gasteiger partial charge in [0.15, 0.2) is 0 Å². The first kappa shape index (κ1) is 14.6. The molecule has 2 N–H and O–H groups in total. The molecule has 0 aliphatic rings. The Morgan fingerprint density at radius 3 is 1.95 bits per heavy atom. The van der Waals surface area contributed by atoms with Crippen molar-refractivity contribution in [1.82, 2.24) is 0 Å². The first-order valence-corrected chi connectivity index (χ1v) is 5.95. The third kappa shape index (κ3) is 6.73. The fourth-order valence-electron chi connectivity index (χ4n) is 1.21. The number of anilines is 1. The number of hydrogen-bond donors (Lipinski definition) is 2. The average Bonchev–Trinajstić information content (AvgIpc) is 2.44. The summed E-state index contributed by atoms with van der Waals surface area (Å²) in [5.41, 5.74) is 0.594. The first-order valence-electron chi connectivity index (χ1n) is 5.95. The number of phenols is 1. The summed E-state index contributed by atoms with van der Waals surface area (Å²) < 4.78 is 4.66. The van der Waals surface area contributed by atoms with Gasteiger partial charge in [0.05, 0.1) is 6.61 Å². The molecular weight excluding hydrogens is 242 g/mol. The van der Waals surface area contributed by atoms with Gasteiger partial charge in [0.25, 0.3) is 0 Å². The van der Waals surface area contributed by atoms with Gasteiger partial charge < -0.3 is 9.84 Å². The number of hydrogen-bond acceptors (Lipinski definition) is 3. The van der Waals surface area contributed by atoms with Crippen LogP contribution in [0, 0.1) is 0 Å². The molecule has 0 aliphatic heterocycles. The second-order valence-corrected chi connectivity index (χ2v) is 3.55. The summed E-state index contributed by atoms with van der Waals surface area (Å²) in [7, 11) is 0. The van der Waals surface area contributed by atoms with Crippen LogP contribution in [0.25, 0.3) is 0 Å². The van der Waals surface area contributed by atoms with E-state index in [1.165, 1.54) is 12.1 Å². The highest BCUT2D eigenvalue weighted by molar-refractivity contribution is 5.84. The summed E-state index contributed by atoms with van der Waals surface area (Å²) >= 11 is 0. The third-order valence-corrected chi connectivity index (χ3v) is 2.06. The van der Waals surface area contributed by atoms with Crippen molar-refractivity contribution in [2.75, 3.05) is 11.9 Å². The number of ether oxygens (including phenoxy) is 1. The molecule has 0 unspecified atom stereocenters. The Balaban J connectivity index is 0.000000250. The standard InChI is InChI=1S/C9H11NO3.C6H6/c1-2-13-9(12)10-7-3-5-8(11)6-4-7;1-2-4-6-5-3-1/h3-6,11H,2H2,1H3,(H,10,12);1-6H. The Morgan fingerprint density at radius 2 is 1.53 bits per heavy atom. The Labute approximate surface area is 112 Å². The Hall–Kier alpha value is -2.49. The lowest BCUT2D eigenvalue weighted by molar-refractivity contribution is 0.168. The van der Waals surface area contributed by atoms with Crippen LogP contribution in [0.1, 0.15) is 6.92 Å². The molecule has 0 atom stereocenters. The van der Waals surface area contributed by atoms with Gasteiger partial charge in [-0.25, -0.2) is 4.79 Å². The number of phenolic OH excluding ortho intramolecular Hbond substituents is 1. The molecule has 100 valence electrons. The summed E-state index contributed by atoms with van der Waals surface area (Å²) in [5.74, 6) is 0.161. The van der Waals surface area contributed by atoms with Gasteiger partial charge in [-0.3, -0.25) is 5.32 Å². The monoisotopic (exact) mass is 259 g/mol. The SMILES string of the molecule is CCOC(=O)Nc1ccc(O)cc1.c1ccccc1. The summed E-state index contributed by atoms with van der Waals surface area (Å²) in [6.07, 6.45) is -0.492. The van der Waals surface area contributed by atoms with Crippen molar-refractivity contribution < 1.29 is 14.6 Å². The molecule has 4 heteroatoms. The van der Waals surface area contributed by atoms with Gasteiger partial charge in [0.1, 0.15) is 5.75 Å². The van der Waals surface area contributed by atoms with Crippen LogP contribution in [0.3, 0.4) is 0 Å². The van der Waals surface area contributed by atoms with Gasteiger partial charge in [-0.2, -0.15) is 0 Å². The molecule has 0 fully saturated rings. The van der Waals surface area contributed by atoms with Crippen molar-refractivity contribution in [2.24, 2.45) is 0 Å². The van der Waals surface area contributed by atoms with Crippen molar-refractivity contribution >= 4 is 11.8 Å². The van der Waals surface area contributed by atoms with E-state index in [9.17, 15) is 4.79 Å². The minimum absolute atomic E-state index is 0.161. The topological polar surface area (TPSA) is 58.6 Å². The number of benzene rings is 2. The van der Waals surface area contributed by atoms with Gasteiger partial charge in [-0.05, 0) is 31.2 Å². The molecule has 0 aliphatic carbocycles. The van der Waals surface area contributed by atoms with E-state index in [2.05, 4.69) is 10.1 Å². The normalized spacial score (nSPS) is 8.89. The quantitative estimate of drug-likeness (QED) is 0.809. The molecule has 0 radical (unpaired) electrons. The van der Waals surface area contributed by atoms with Gasteiger partial charge in [0, 0.05) is 5.69 Å². The van der Waals surface area contributed by atoms with E-state index >= 15 is 0 Å². The van der Waals surface area contributed by atoms with E-state index in [4.69, 9.17) is 5.11 Å². The summed E-state index contributed by atoms with van der Waals surface area (Å²) in [5, 5.41) is 11.4. The van der Waals surface area contributed by atoms with E-state index in [1.54, 1.807) is 19.1 Å². The van der Waals surface area contributed by atoms with E-state index in [0.29, 0.717) is 12.3 Å². The zero-order chi connectivity index (χ0) is 13.9. The lowest BCUT2D eigenvalue weighted by Gasteiger charge is -2.04. The zero-order valence-corrected chi connectivity index (χ0v) is 10.7. The van der Waals surface area contributed by atoms with E-state index in [-0.39, 0.29) is 5.75 Å². The Morgan fingerprint density at radius 1 is 1.05 bits per heavy atom. The number of carbonyl (C=O) groups is 1. The molecule has 0 heterocycles. The largest absolute Gasteiger partial charge is 0.508 e. The smallest absolute Gasteiger partial charge is 0.411 e. The highest BCUT2D eigenvalue weighted by Gasteiger charge is 2.00. The highest BCUT2D eigenvalue weighted by Crippen LogP contribution is 2.13. The molecule has 1 amide bonds. The average molecular weight is 259 g/mol. The molecule has 0 saturated heterocycles. The zero-order valence-electron chi connectivity index (χ0n) is 10.7. The van der Waals surface area contributed by atoms with Crippen molar-refractivity contribution in [3.05, 3.63) is 60.7 Å². The number of nitrogens with one attached hydrogen (secondary N) is 1. The predicted molar refractivity (Wildman–Crippen MR) is 75.2 cm³/mol. The Kier molecular flexibility index (Phi) is 6.58. The van der Waals surface area contributed by atoms with Crippen LogP contribution < -0.4 is 5.32 Å². The molecular formula is C15H17NO3. The van der Waals surface area contributed by atoms with Crippen LogP contribution in [0.4, 0.5) is 10.5 Å². The van der Waals surface area contributed by atoms with Gasteiger partial charge >= 0.3 is 6.09 Å². The van der Waals surface area contributed by atoms with Crippen molar-refractivity contribution in [3.63, 3.8) is 0 Å². The summed E-state index contributed by atoms with van der Waals surface area (Å²) in [4.78, 5) is 10.9. The molecule has 0 spiro atoms. The maximum absolute atomic E-state index is 10.9. The second-order valence-electron chi connectivity index (χ2n) is 3.55. The molecule has 0 aromatic heterocycles. The number of amides is 1. The minimum Gasteiger partial charge on any atom is -0.508 e. The number of carbonyl (C=O) groups excluding carboxylic acids is 1. The lowest BCUT2D eigenvalue weighted by Crippen LogP contribution is -2.12. The van der Waals surface area contributed by atoms with Crippen molar-refractivity contribution in [1.29, 1.82) is 0 Å². The van der Waals surface area contributed by atoms with Crippen LogP contribution in [-0.2, 0) is 4.74 Å². The van der Waals surface area contributed by atoms with Crippen LogP contribution in [0.15, 0.2) is 60.7 Å². The molecule has 4 nitrogen and oxygen atoms in total. The molecule has 2 aromatic carbocycles. The summed E-state index contributed by atoms with van der Waals surface area (Å²) in [6.45, 7) is 2.07. The van der Waals surface area contributed by atoms with Gasteiger partial charge in [0.2, 0.25) is 0 Å². The fourth-order valence-corrected chi connectivity index (χ4v) is 1.21. The van der Waals surface area contributed by atoms with Gasteiger partial charge in [-0.15, -0.1) is 0 Å². The number of rotatable bonds is 2. The van der Waals surface area contributed by atoms with E-state index in [1.807, 2.05) is 36.4 Å². The molecule has 2 rings (SSSR count). The van der Waals surface area contributed by atoms with Crippen LogP contribution in [0.2, 0.25) is 0 Å². The molecule has 19 heavy (non-hydrogen) atoms. The second kappa shape index (κ2) is 8.58. The van der Waals surface area contributed by atoms with Crippen molar-refractivity contribution in [2.45, 2.75) is 6.92 Å². The predicted octanol–water partition coefficient (Wildman–Crippen LogP) is 3.65. The van der Waals surface area contributed by atoms with E-state index < -0.39 is 6.09 Å². The van der Waals surface area contributed by atoms with Gasteiger partial charge in [-0.1, -0.05) is 36.4 Å². The highest BCUT2D eigenvalue weighted by atomic mass is 16.5. The number of aromatic hydroxyl groups is 1. The van der Waals surface area contributed by atoms with Crippen LogP contribution in [-0.4, -0.2) is 17.8 Å². The molecule has 0 saturated carbocycles. The van der Waals surface area contributed by atoms with E-state index in [0.717, 1.165) is 0 Å². The lowest BCUT2D eigenvalue weighted by atomic mass is 10.3.